The van der Waals surface area contributed by atoms with Gasteiger partial charge in [-0.2, -0.15) is 0 Å². The lowest BCUT2D eigenvalue weighted by atomic mass is 10.0. The van der Waals surface area contributed by atoms with Gasteiger partial charge in [0.25, 0.3) is 0 Å². The standard InChI is InChI=1S/C14H14BrClFNS/c1-2-18-12(8-9-6-7-13(16)19-9)10-4-3-5-11(17)14(10)15/h3-7,12,18H,2,8H2,1H3. The zero-order valence-corrected chi connectivity index (χ0v) is 13.6. The predicted molar refractivity (Wildman–Crippen MR) is 83.6 cm³/mol. The van der Waals surface area contributed by atoms with Crippen LogP contribution >= 0.6 is 38.9 Å². The molecule has 0 fully saturated rings. The Labute approximate surface area is 129 Å². The molecule has 0 spiro atoms. The van der Waals surface area contributed by atoms with E-state index < -0.39 is 0 Å². The van der Waals surface area contributed by atoms with Crippen molar-refractivity contribution >= 4 is 38.9 Å². The van der Waals surface area contributed by atoms with Gasteiger partial charge in [0.2, 0.25) is 0 Å². The highest BCUT2D eigenvalue weighted by atomic mass is 79.9. The molecule has 2 rings (SSSR count). The molecule has 0 radical (unpaired) electrons. The van der Waals surface area contributed by atoms with E-state index in [0.29, 0.717) is 4.47 Å². The molecule has 102 valence electrons. The van der Waals surface area contributed by atoms with Crippen molar-refractivity contribution in [3.63, 3.8) is 0 Å². The van der Waals surface area contributed by atoms with Crippen molar-refractivity contribution in [2.75, 3.05) is 6.54 Å². The van der Waals surface area contributed by atoms with Crippen LogP contribution in [0.15, 0.2) is 34.8 Å². The molecule has 0 aliphatic rings. The minimum atomic E-state index is -0.232. The summed E-state index contributed by atoms with van der Waals surface area (Å²) in [7, 11) is 0. The zero-order valence-electron chi connectivity index (χ0n) is 10.4. The third kappa shape index (κ3) is 3.78. The zero-order chi connectivity index (χ0) is 13.8. The van der Waals surface area contributed by atoms with Crippen LogP contribution in [0.4, 0.5) is 4.39 Å². The summed E-state index contributed by atoms with van der Waals surface area (Å²) in [5.41, 5.74) is 0.936. The Hall–Kier alpha value is -0.420. The quantitative estimate of drug-likeness (QED) is 0.771. The van der Waals surface area contributed by atoms with Crippen LogP contribution in [0.5, 0.6) is 0 Å². The smallest absolute Gasteiger partial charge is 0.137 e. The van der Waals surface area contributed by atoms with Crippen LogP contribution in [0.1, 0.15) is 23.4 Å². The van der Waals surface area contributed by atoms with Crippen LogP contribution < -0.4 is 5.32 Å². The van der Waals surface area contributed by atoms with E-state index in [9.17, 15) is 4.39 Å². The molecule has 1 nitrogen and oxygen atoms in total. The molecule has 1 unspecified atom stereocenters. The minimum Gasteiger partial charge on any atom is -0.310 e. The van der Waals surface area contributed by atoms with Crippen LogP contribution in [0.25, 0.3) is 0 Å². The number of benzene rings is 1. The number of hydrogen-bond acceptors (Lipinski definition) is 2. The van der Waals surface area contributed by atoms with Crippen molar-refractivity contribution < 1.29 is 4.39 Å². The normalized spacial score (nSPS) is 12.6. The molecule has 0 aliphatic carbocycles. The molecule has 0 saturated heterocycles. The van der Waals surface area contributed by atoms with E-state index in [0.717, 1.165) is 22.9 Å². The van der Waals surface area contributed by atoms with Gasteiger partial charge < -0.3 is 5.32 Å². The van der Waals surface area contributed by atoms with Crippen LogP contribution in [-0.2, 0) is 6.42 Å². The van der Waals surface area contributed by atoms with Crippen LogP contribution in [-0.4, -0.2) is 6.54 Å². The number of hydrogen-bond donors (Lipinski definition) is 1. The Balaban J connectivity index is 2.26. The van der Waals surface area contributed by atoms with Gasteiger partial charge in [0.1, 0.15) is 5.82 Å². The lowest BCUT2D eigenvalue weighted by molar-refractivity contribution is 0.542. The highest BCUT2D eigenvalue weighted by molar-refractivity contribution is 9.10. The van der Waals surface area contributed by atoms with E-state index in [1.54, 1.807) is 17.4 Å². The molecule has 1 N–H and O–H groups in total. The largest absolute Gasteiger partial charge is 0.310 e. The third-order valence-electron chi connectivity index (χ3n) is 2.84. The predicted octanol–water partition coefficient (Wildman–Crippen LogP) is 5.20. The molecular formula is C14H14BrClFNS. The van der Waals surface area contributed by atoms with Crippen molar-refractivity contribution in [1.82, 2.24) is 5.32 Å². The van der Waals surface area contributed by atoms with E-state index in [1.165, 1.54) is 10.9 Å². The van der Waals surface area contributed by atoms with Crippen LogP contribution in [0.3, 0.4) is 0 Å². The molecule has 1 heterocycles. The summed E-state index contributed by atoms with van der Waals surface area (Å²) in [4.78, 5) is 1.19. The average Bonchev–Trinajstić information content (AvgIpc) is 2.78. The molecule has 2 aromatic rings. The summed E-state index contributed by atoms with van der Waals surface area (Å²) in [6.45, 7) is 2.87. The van der Waals surface area contributed by atoms with Gasteiger partial charge in [0.15, 0.2) is 0 Å². The molecular weight excluding hydrogens is 349 g/mol. The monoisotopic (exact) mass is 361 g/mol. The Bertz CT molecular complexity index is 558. The van der Waals surface area contributed by atoms with Gasteiger partial charge in [-0.05, 0) is 46.2 Å². The lowest BCUT2D eigenvalue weighted by Crippen LogP contribution is -2.23. The summed E-state index contributed by atoms with van der Waals surface area (Å²) >= 11 is 10.8. The van der Waals surface area contributed by atoms with Gasteiger partial charge in [0.05, 0.1) is 8.81 Å². The van der Waals surface area contributed by atoms with Gasteiger partial charge in [-0.3, -0.25) is 0 Å². The summed E-state index contributed by atoms with van der Waals surface area (Å²) in [5.74, 6) is -0.232. The molecule has 0 bridgehead atoms. The van der Waals surface area contributed by atoms with Crippen molar-refractivity contribution in [3.8, 4) is 0 Å². The van der Waals surface area contributed by atoms with Crippen molar-refractivity contribution in [3.05, 3.63) is 55.4 Å². The maximum atomic E-state index is 13.6. The van der Waals surface area contributed by atoms with E-state index in [2.05, 4.69) is 21.2 Å². The highest BCUT2D eigenvalue weighted by Crippen LogP contribution is 2.31. The molecule has 1 aromatic heterocycles. The first-order valence-electron chi connectivity index (χ1n) is 6.03. The van der Waals surface area contributed by atoms with Crippen molar-refractivity contribution in [2.45, 2.75) is 19.4 Å². The summed E-state index contributed by atoms with van der Waals surface area (Å²) < 4.78 is 14.9. The van der Waals surface area contributed by atoms with E-state index in [4.69, 9.17) is 11.6 Å². The molecule has 1 atom stereocenters. The highest BCUT2D eigenvalue weighted by Gasteiger charge is 2.17. The fourth-order valence-corrected chi connectivity index (χ4v) is 3.66. The van der Waals surface area contributed by atoms with Gasteiger partial charge in [0, 0.05) is 17.3 Å². The molecule has 1 aromatic carbocycles. The Kier molecular flexibility index (Phi) is 5.39. The maximum absolute atomic E-state index is 13.6. The molecule has 0 saturated carbocycles. The third-order valence-corrected chi connectivity index (χ3v) is 4.93. The number of likely N-dealkylation sites (N-methyl/N-ethyl adjacent to an activating group) is 1. The molecule has 0 aliphatic heterocycles. The van der Waals surface area contributed by atoms with Gasteiger partial charge in [-0.25, -0.2) is 4.39 Å². The first-order valence-corrected chi connectivity index (χ1v) is 8.02. The first kappa shape index (κ1) is 15.0. The Morgan fingerprint density at radius 1 is 1.37 bits per heavy atom. The molecule has 5 heteroatoms. The first-order chi connectivity index (χ1) is 9.11. The second kappa shape index (κ2) is 6.84. The molecule has 0 amide bonds. The van der Waals surface area contributed by atoms with Crippen LogP contribution in [0, 0.1) is 5.82 Å². The summed E-state index contributed by atoms with van der Waals surface area (Å²) in [6.07, 6.45) is 0.799. The number of nitrogens with one attached hydrogen (secondary N) is 1. The van der Waals surface area contributed by atoms with Gasteiger partial charge in [-0.1, -0.05) is 30.7 Å². The Morgan fingerprint density at radius 2 is 2.16 bits per heavy atom. The van der Waals surface area contributed by atoms with E-state index in [1.807, 2.05) is 25.1 Å². The topological polar surface area (TPSA) is 12.0 Å². The van der Waals surface area contributed by atoms with Crippen LogP contribution in [0.2, 0.25) is 4.34 Å². The lowest BCUT2D eigenvalue weighted by Gasteiger charge is -2.19. The second-order valence-corrected chi connectivity index (χ2v) is 6.76. The summed E-state index contributed by atoms with van der Waals surface area (Å²) in [6, 6.07) is 9.12. The van der Waals surface area contributed by atoms with Gasteiger partial charge >= 0.3 is 0 Å². The minimum absolute atomic E-state index is 0.0739. The number of thiophene rings is 1. The maximum Gasteiger partial charge on any atom is 0.137 e. The number of halogens is 3. The Morgan fingerprint density at radius 3 is 2.79 bits per heavy atom. The van der Waals surface area contributed by atoms with E-state index in [-0.39, 0.29) is 11.9 Å². The van der Waals surface area contributed by atoms with Crippen molar-refractivity contribution in [1.29, 1.82) is 0 Å². The second-order valence-electron chi connectivity index (χ2n) is 4.16. The fraction of sp³-hybridized carbons (Fsp3) is 0.286. The molecule has 19 heavy (non-hydrogen) atoms. The number of rotatable bonds is 5. The van der Waals surface area contributed by atoms with E-state index >= 15 is 0 Å². The van der Waals surface area contributed by atoms with Gasteiger partial charge in [-0.15, -0.1) is 11.3 Å². The summed E-state index contributed by atoms with van der Waals surface area (Å²) in [5, 5.41) is 3.39. The average molecular weight is 363 g/mol. The van der Waals surface area contributed by atoms with Crippen molar-refractivity contribution in [2.24, 2.45) is 0 Å². The fourth-order valence-electron chi connectivity index (χ4n) is 1.99. The SMILES string of the molecule is CCNC(Cc1ccc(Cl)s1)c1cccc(F)c1Br.